The van der Waals surface area contributed by atoms with Gasteiger partial charge in [-0.25, -0.2) is 0 Å². The molecule has 0 aliphatic rings. The molecule has 0 aliphatic heterocycles. The maximum Gasteiger partial charge on any atom is 0.309 e. The summed E-state index contributed by atoms with van der Waals surface area (Å²) < 4.78 is 5.38. The van der Waals surface area contributed by atoms with Crippen molar-refractivity contribution in [1.29, 1.82) is 0 Å². The van der Waals surface area contributed by atoms with Crippen molar-refractivity contribution in [2.75, 3.05) is 7.11 Å². The van der Waals surface area contributed by atoms with Crippen molar-refractivity contribution >= 4 is 16.9 Å². The minimum Gasteiger partial charge on any atom is -0.495 e. The monoisotopic (exact) mass is 261 g/mol. The molecule has 1 aromatic carbocycles. The molecule has 0 radical (unpaired) electrons. The van der Waals surface area contributed by atoms with Gasteiger partial charge in [-0.3, -0.25) is 4.79 Å². The maximum absolute atomic E-state index is 11.2. The zero-order valence-corrected chi connectivity index (χ0v) is 11.7. The Hall–Kier alpha value is -1.97. The average molecular weight is 261 g/mol. The Balaban J connectivity index is 2.50. The van der Waals surface area contributed by atoms with Crippen LogP contribution in [-0.4, -0.2) is 23.2 Å². The van der Waals surface area contributed by atoms with E-state index in [4.69, 9.17) is 4.74 Å². The van der Waals surface area contributed by atoms with E-state index in [1.54, 1.807) is 21.0 Å². The highest BCUT2D eigenvalue weighted by Crippen LogP contribution is 2.32. The molecule has 2 N–H and O–H groups in total. The molecule has 0 saturated carbocycles. The third-order valence-electron chi connectivity index (χ3n) is 3.46. The van der Waals surface area contributed by atoms with E-state index in [1.165, 1.54) is 0 Å². The van der Waals surface area contributed by atoms with Crippen LogP contribution in [0.2, 0.25) is 0 Å². The number of hydrogen-bond donors (Lipinski definition) is 2. The molecule has 0 atom stereocenters. The summed E-state index contributed by atoms with van der Waals surface area (Å²) in [7, 11) is 1.62. The Morgan fingerprint density at radius 2 is 2.11 bits per heavy atom. The first-order valence-electron chi connectivity index (χ1n) is 6.23. The van der Waals surface area contributed by atoms with Crippen LogP contribution in [0.3, 0.4) is 0 Å². The smallest absolute Gasteiger partial charge is 0.309 e. The molecular weight excluding hydrogens is 242 g/mol. The molecule has 0 amide bonds. The lowest BCUT2D eigenvalue weighted by molar-refractivity contribution is -0.146. The van der Waals surface area contributed by atoms with E-state index in [-0.39, 0.29) is 0 Å². The van der Waals surface area contributed by atoms with E-state index in [2.05, 4.69) is 4.98 Å². The van der Waals surface area contributed by atoms with E-state index in [9.17, 15) is 9.90 Å². The van der Waals surface area contributed by atoms with Gasteiger partial charge in [0, 0.05) is 11.6 Å². The highest BCUT2D eigenvalue weighted by molar-refractivity contribution is 5.89. The van der Waals surface area contributed by atoms with Gasteiger partial charge >= 0.3 is 5.97 Å². The number of aromatic amines is 1. The summed E-state index contributed by atoms with van der Waals surface area (Å²) >= 11 is 0. The minimum absolute atomic E-state index is 0.471. The molecule has 0 saturated heterocycles. The van der Waals surface area contributed by atoms with E-state index in [0.717, 1.165) is 27.8 Å². The molecule has 0 spiro atoms. The number of carboxylic acids is 1. The predicted molar refractivity (Wildman–Crippen MR) is 74.7 cm³/mol. The standard InChI is InChI=1S/C15H19NO3/c1-9-8-16-13-11(9)5-10(6-12(13)19-4)7-15(2,3)14(17)18/h5-6,8,16H,7H2,1-4H3,(H,17,18). The highest BCUT2D eigenvalue weighted by atomic mass is 16.5. The Labute approximate surface area is 112 Å². The van der Waals surface area contributed by atoms with Gasteiger partial charge in [-0.15, -0.1) is 0 Å². The lowest BCUT2D eigenvalue weighted by Gasteiger charge is -2.19. The molecule has 102 valence electrons. The lowest BCUT2D eigenvalue weighted by Crippen LogP contribution is -2.26. The van der Waals surface area contributed by atoms with E-state index in [1.807, 2.05) is 25.3 Å². The topological polar surface area (TPSA) is 62.3 Å². The van der Waals surface area contributed by atoms with Gasteiger partial charge in [0.1, 0.15) is 5.75 Å². The fourth-order valence-electron chi connectivity index (χ4n) is 2.24. The van der Waals surface area contributed by atoms with Crippen LogP contribution in [0.25, 0.3) is 10.9 Å². The SMILES string of the molecule is COc1cc(CC(C)(C)C(=O)O)cc2c(C)c[nH]c12. The molecule has 0 aliphatic carbocycles. The van der Waals surface area contributed by atoms with Gasteiger partial charge in [-0.2, -0.15) is 0 Å². The van der Waals surface area contributed by atoms with Crippen LogP contribution in [0.5, 0.6) is 5.75 Å². The molecule has 19 heavy (non-hydrogen) atoms. The van der Waals surface area contributed by atoms with E-state index in [0.29, 0.717) is 6.42 Å². The molecule has 4 nitrogen and oxygen atoms in total. The first kappa shape index (κ1) is 13.5. The van der Waals surface area contributed by atoms with Crippen molar-refractivity contribution in [3.8, 4) is 5.75 Å². The predicted octanol–water partition coefficient (Wildman–Crippen LogP) is 3.14. The highest BCUT2D eigenvalue weighted by Gasteiger charge is 2.27. The molecule has 4 heteroatoms. The van der Waals surface area contributed by atoms with Crippen LogP contribution in [-0.2, 0) is 11.2 Å². The van der Waals surface area contributed by atoms with Crippen molar-refractivity contribution < 1.29 is 14.6 Å². The molecule has 0 unspecified atom stereocenters. The number of methoxy groups -OCH3 is 1. The number of aryl methyl sites for hydroxylation is 1. The van der Waals surface area contributed by atoms with Crippen molar-refractivity contribution in [3.63, 3.8) is 0 Å². The quantitative estimate of drug-likeness (QED) is 0.888. The maximum atomic E-state index is 11.2. The zero-order chi connectivity index (χ0) is 14.2. The average Bonchev–Trinajstić information content (AvgIpc) is 2.70. The second-order valence-corrected chi connectivity index (χ2v) is 5.56. The number of carbonyl (C=O) groups is 1. The van der Waals surface area contributed by atoms with Crippen molar-refractivity contribution in [1.82, 2.24) is 4.98 Å². The summed E-state index contributed by atoms with van der Waals surface area (Å²) in [5.41, 5.74) is 2.27. The number of fused-ring (bicyclic) bond motifs is 1. The normalized spacial score (nSPS) is 11.8. The fourth-order valence-corrected chi connectivity index (χ4v) is 2.24. The molecule has 2 aromatic rings. The second-order valence-electron chi connectivity index (χ2n) is 5.56. The summed E-state index contributed by atoms with van der Waals surface area (Å²) in [6.07, 6.45) is 2.40. The number of aliphatic carboxylic acids is 1. The van der Waals surface area contributed by atoms with E-state index < -0.39 is 11.4 Å². The summed E-state index contributed by atoms with van der Waals surface area (Å²) in [5.74, 6) is -0.0425. The van der Waals surface area contributed by atoms with Gasteiger partial charge in [0.05, 0.1) is 18.0 Å². The summed E-state index contributed by atoms with van der Waals surface area (Å²) in [6, 6.07) is 3.94. The van der Waals surface area contributed by atoms with Crippen LogP contribution in [0.4, 0.5) is 0 Å². The summed E-state index contributed by atoms with van der Waals surface area (Å²) in [4.78, 5) is 14.4. The van der Waals surface area contributed by atoms with Crippen molar-refractivity contribution in [2.24, 2.45) is 5.41 Å². The van der Waals surface area contributed by atoms with Crippen molar-refractivity contribution in [2.45, 2.75) is 27.2 Å². The molecule has 1 aromatic heterocycles. The molecule has 1 heterocycles. The molecule has 0 bridgehead atoms. The minimum atomic E-state index is -0.794. The number of H-pyrrole nitrogens is 1. The Kier molecular flexibility index (Phi) is 3.27. The van der Waals surface area contributed by atoms with Crippen LogP contribution in [0.15, 0.2) is 18.3 Å². The van der Waals surface area contributed by atoms with Crippen LogP contribution in [0.1, 0.15) is 25.0 Å². The first-order valence-corrected chi connectivity index (χ1v) is 6.23. The number of aromatic nitrogens is 1. The Bertz CT molecular complexity index is 626. The van der Waals surface area contributed by atoms with Crippen LogP contribution >= 0.6 is 0 Å². The van der Waals surface area contributed by atoms with E-state index >= 15 is 0 Å². The summed E-state index contributed by atoms with van der Waals surface area (Å²) in [5, 5.41) is 10.3. The van der Waals surface area contributed by atoms with Gasteiger partial charge in [0.2, 0.25) is 0 Å². The number of hydrogen-bond acceptors (Lipinski definition) is 2. The number of ether oxygens (including phenoxy) is 1. The van der Waals surface area contributed by atoms with Crippen LogP contribution < -0.4 is 4.74 Å². The first-order chi connectivity index (χ1) is 8.85. The molecule has 2 rings (SSSR count). The van der Waals surface area contributed by atoms with Gasteiger partial charge in [-0.05, 0) is 50.5 Å². The number of benzene rings is 1. The fraction of sp³-hybridized carbons (Fsp3) is 0.400. The summed E-state index contributed by atoms with van der Waals surface area (Å²) in [6.45, 7) is 5.48. The Morgan fingerprint density at radius 1 is 1.42 bits per heavy atom. The lowest BCUT2D eigenvalue weighted by atomic mass is 9.85. The Morgan fingerprint density at radius 3 is 2.68 bits per heavy atom. The van der Waals surface area contributed by atoms with Gasteiger partial charge in [0.15, 0.2) is 0 Å². The van der Waals surface area contributed by atoms with Crippen molar-refractivity contribution in [3.05, 3.63) is 29.5 Å². The zero-order valence-electron chi connectivity index (χ0n) is 11.7. The number of rotatable bonds is 4. The molecule has 0 fully saturated rings. The number of nitrogens with one attached hydrogen (secondary N) is 1. The largest absolute Gasteiger partial charge is 0.495 e. The van der Waals surface area contributed by atoms with Crippen LogP contribution in [0, 0.1) is 12.3 Å². The van der Waals surface area contributed by atoms with Gasteiger partial charge in [-0.1, -0.05) is 0 Å². The third kappa shape index (κ3) is 2.43. The van der Waals surface area contributed by atoms with Gasteiger partial charge in [0.25, 0.3) is 0 Å². The third-order valence-corrected chi connectivity index (χ3v) is 3.46. The number of carboxylic acid groups (broad SMARTS) is 1. The second kappa shape index (κ2) is 4.61. The van der Waals surface area contributed by atoms with Gasteiger partial charge < -0.3 is 14.8 Å². The molecular formula is C15H19NO3.